The molecule has 31 heavy (non-hydrogen) atoms. The van der Waals surface area contributed by atoms with Crippen molar-refractivity contribution in [1.82, 2.24) is 19.5 Å². The highest BCUT2D eigenvalue weighted by atomic mass is 16.5. The van der Waals surface area contributed by atoms with Crippen LogP contribution in [-0.2, 0) is 11.3 Å². The number of aliphatic hydroxyl groups excluding tert-OH is 1. The van der Waals surface area contributed by atoms with Gasteiger partial charge < -0.3 is 14.9 Å². The number of nitrogens with zero attached hydrogens (tertiary/aromatic N) is 4. The molecule has 2 fully saturated rings. The van der Waals surface area contributed by atoms with Gasteiger partial charge in [-0.25, -0.2) is 4.79 Å². The Bertz CT molecular complexity index is 917. The first-order chi connectivity index (χ1) is 15.0. The number of piperidine rings is 2. The average Bonchev–Trinajstić information content (AvgIpc) is 3.14. The lowest BCUT2D eigenvalue weighted by Gasteiger charge is -2.37. The van der Waals surface area contributed by atoms with E-state index in [1.807, 2.05) is 35.2 Å². The third-order valence-electron chi connectivity index (χ3n) is 6.49. The van der Waals surface area contributed by atoms with Crippen molar-refractivity contribution in [2.24, 2.45) is 11.8 Å². The number of rotatable bonds is 6. The van der Waals surface area contributed by atoms with Gasteiger partial charge in [0.05, 0.1) is 12.6 Å². The van der Waals surface area contributed by atoms with Crippen molar-refractivity contribution in [1.29, 1.82) is 0 Å². The summed E-state index contributed by atoms with van der Waals surface area (Å²) in [5.74, 6) is 0.830. The second kappa shape index (κ2) is 9.78. The first kappa shape index (κ1) is 21.8. The van der Waals surface area contributed by atoms with Gasteiger partial charge in [-0.15, -0.1) is 0 Å². The summed E-state index contributed by atoms with van der Waals surface area (Å²) in [5.41, 5.74) is 0.770. The largest absolute Gasteiger partial charge is 0.441 e. The molecular weight excluding hydrogens is 396 g/mol. The molecule has 8 nitrogen and oxygen atoms in total. The van der Waals surface area contributed by atoms with Crippen LogP contribution in [0.1, 0.15) is 32.6 Å². The molecule has 0 bridgehead atoms. The third kappa shape index (κ3) is 5.25. The van der Waals surface area contributed by atoms with Crippen LogP contribution in [0, 0.1) is 11.8 Å². The minimum absolute atomic E-state index is 0.0871. The van der Waals surface area contributed by atoms with Gasteiger partial charge in [-0.05, 0) is 44.7 Å². The molecule has 3 heterocycles. The van der Waals surface area contributed by atoms with E-state index in [9.17, 15) is 14.7 Å². The van der Waals surface area contributed by atoms with Gasteiger partial charge in [-0.1, -0.05) is 42.4 Å². The molecule has 1 aromatic carbocycles. The Labute approximate surface area is 182 Å². The summed E-state index contributed by atoms with van der Waals surface area (Å²) < 4.78 is 6.22. The van der Waals surface area contributed by atoms with Crippen molar-refractivity contribution >= 4 is 5.91 Å². The second-order valence-electron chi connectivity index (χ2n) is 9.01. The highest BCUT2D eigenvalue weighted by Crippen LogP contribution is 2.24. The van der Waals surface area contributed by atoms with Gasteiger partial charge in [0.1, 0.15) is 0 Å². The average molecular weight is 429 g/mol. The molecule has 2 saturated heterocycles. The van der Waals surface area contributed by atoms with E-state index in [4.69, 9.17) is 4.52 Å². The van der Waals surface area contributed by atoms with Crippen LogP contribution in [0.15, 0.2) is 39.6 Å². The van der Waals surface area contributed by atoms with Gasteiger partial charge in [0.25, 0.3) is 0 Å². The maximum absolute atomic E-state index is 12.9. The quantitative estimate of drug-likeness (QED) is 0.755. The van der Waals surface area contributed by atoms with E-state index in [0.717, 1.165) is 51.0 Å². The van der Waals surface area contributed by atoms with Crippen LogP contribution in [0.4, 0.5) is 0 Å². The zero-order valence-electron chi connectivity index (χ0n) is 18.2. The molecule has 1 amide bonds. The summed E-state index contributed by atoms with van der Waals surface area (Å²) in [4.78, 5) is 29.2. The van der Waals surface area contributed by atoms with Gasteiger partial charge in [0.15, 0.2) is 5.82 Å². The van der Waals surface area contributed by atoms with E-state index < -0.39 is 11.9 Å². The van der Waals surface area contributed by atoms with Crippen molar-refractivity contribution in [2.75, 3.05) is 32.7 Å². The number of β-amino-alcohol motifs (C(OH)–C–C–N with tert-alkyl or cyclic N) is 1. The fourth-order valence-corrected chi connectivity index (χ4v) is 4.80. The summed E-state index contributed by atoms with van der Waals surface area (Å²) in [5, 5.41) is 14.5. The maximum atomic E-state index is 12.9. The number of aliphatic hydroxyl groups is 1. The van der Waals surface area contributed by atoms with Crippen LogP contribution in [0.3, 0.4) is 0 Å². The summed E-state index contributed by atoms with van der Waals surface area (Å²) in [6, 6.07) is 9.33. The number of benzene rings is 1. The van der Waals surface area contributed by atoms with E-state index >= 15 is 0 Å². The van der Waals surface area contributed by atoms with Gasteiger partial charge >= 0.3 is 5.76 Å². The molecule has 2 aromatic rings. The first-order valence-corrected chi connectivity index (χ1v) is 11.3. The fraction of sp³-hybridized carbons (Fsp3) is 0.609. The van der Waals surface area contributed by atoms with Crippen LogP contribution in [0.5, 0.6) is 0 Å². The standard InChI is InChI=1S/C23H32N4O4/c1-17-6-5-11-26(14-17)22(29)19-9-12-25(13-10-19)15-20(28)16-27-21(24-31-23(27)30)18-7-3-2-4-8-18/h2-4,7-8,17,19-20,28H,5-6,9-16H2,1H3. The Morgan fingerprint density at radius 1 is 1.16 bits per heavy atom. The summed E-state index contributed by atoms with van der Waals surface area (Å²) in [6.45, 7) is 6.12. The van der Waals surface area contributed by atoms with Crippen LogP contribution in [0.2, 0.25) is 0 Å². The molecular formula is C23H32N4O4. The minimum Gasteiger partial charge on any atom is -0.390 e. The van der Waals surface area contributed by atoms with Crippen LogP contribution >= 0.6 is 0 Å². The molecule has 2 atom stereocenters. The van der Waals surface area contributed by atoms with Crippen molar-refractivity contribution in [3.05, 3.63) is 40.9 Å². The van der Waals surface area contributed by atoms with Crippen molar-refractivity contribution < 1.29 is 14.4 Å². The molecule has 2 aliphatic heterocycles. The first-order valence-electron chi connectivity index (χ1n) is 11.3. The van der Waals surface area contributed by atoms with Crippen molar-refractivity contribution in [3.63, 3.8) is 0 Å². The Morgan fingerprint density at radius 3 is 2.61 bits per heavy atom. The van der Waals surface area contributed by atoms with Crippen molar-refractivity contribution in [2.45, 2.75) is 45.3 Å². The molecule has 0 saturated carbocycles. The maximum Gasteiger partial charge on any atom is 0.441 e. The Hall–Kier alpha value is -2.45. The Morgan fingerprint density at radius 2 is 1.90 bits per heavy atom. The van der Waals surface area contributed by atoms with E-state index in [-0.39, 0.29) is 12.5 Å². The number of likely N-dealkylation sites (tertiary alicyclic amines) is 2. The van der Waals surface area contributed by atoms with Crippen molar-refractivity contribution in [3.8, 4) is 11.4 Å². The highest BCUT2D eigenvalue weighted by Gasteiger charge is 2.31. The highest BCUT2D eigenvalue weighted by molar-refractivity contribution is 5.79. The smallest absolute Gasteiger partial charge is 0.390 e. The molecule has 0 aliphatic carbocycles. The van der Waals surface area contributed by atoms with E-state index in [2.05, 4.69) is 17.0 Å². The predicted octanol–water partition coefficient (Wildman–Crippen LogP) is 1.83. The summed E-state index contributed by atoms with van der Waals surface area (Å²) in [6.07, 6.45) is 3.22. The summed E-state index contributed by atoms with van der Waals surface area (Å²) >= 11 is 0. The third-order valence-corrected chi connectivity index (χ3v) is 6.49. The molecule has 1 N–H and O–H groups in total. The lowest BCUT2D eigenvalue weighted by molar-refractivity contribution is -0.138. The van der Waals surface area contributed by atoms with E-state index in [1.54, 1.807) is 0 Å². The second-order valence-corrected chi connectivity index (χ2v) is 9.01. The zero-order chi connectivity index (χ0) is 21.8. The van der Waals surface area contributed by atoms with Gasteiger partial charge in [-0.2, -0.15) is 0 Å². The van der Waals surface area contributed by atoms with Crippen LogP contribution < -0.4 is 5.76 Å². The molecule has 8 heteroatoms. The molecule has 0 spiro atoms. The molecule has 4 rings (SSSR count). The number of hydrogen-bond donors (Lipinski definition) is 1. The van der Waals surface area contributed by atoms with Gasteiger partial charge in [-0.3, -0.25) is 13.9 Å². The molecule has 2 aliphatic rings. The van der Waals surface area contributed by atoms with E-state index in [0.29, 0.717) is 24.2 Å². The Kier molecular flexibility index (Phi) is 6.87. The van der Waals surface area contributed by atoms with Gasteiger partial charge in [0.2, 0.25) is 5.91 Å². The number of amides is 1. The zero-order valence-corrected chi connectivity index (χ0v) is 18.2. The molecule has 2 unspecified atom stereocenters. The Balaban J connectivity index is 1.29. The number of aromatic nitrogens is 2. The SMILES string of the molecule is CC1CCCN(C(=O)C2CCN(CC(O)Cn3c(-c4ccccc4)noc3=O)CC2)C1. The number of hydrogen-bond acceptors (Lipinski definition) is 6. The lowest BCUT2D eigenvalue weighted by atomic mass is 9.92. The number of carbonyl (C=O) groups excluding carboxylic acids is 1. The molecule has 0 radical (unpaired) electrons. The normalized spacial score (nSPS) is 21.9. The lowest BCUT2D eigenvalue weighted by Crippen LogP contribution is -2.47. The van der Waals surface area contributed by atoms with Crippen LogP contribution in [-0.4, -0.2) is 69.4 Å². The number of carbonyl (C=O) groups is 1. The van der Waals surface area contributed by atoms with Gasteiger partial charge in [0, 0.05) is 31.1 Å². The van der Waals surface area contributed by atoms with Crippen LogP contribution in [0.25, 0.3) is 11.4 Å². The predicted molar refractivity (Wildman–Crippen MR) is 116 cm³/mol. The molecule has 1 aromatic heterocycles. The topological polar surface area (TPSA) is 91.8 Å². The monoisotopic (exact) mass is 428 g/mol. The summed E-state index contributed by atoms with van der Waals surface area (Å²) in [7, 11) is 0. The van der Waals surface area contributed by atoms with E-state index in [1.165, 1.54) is 11.0 Å². The minimum atomic E-state index is -0.727. The fourth-order valence-electron chi connectivity index (χ4n) is 4.80. The molecule has 168 valence electrons.